The Morgan fingerprint density at radius 3 is 2.81 bits per heavy atom. The number of carbonyl (C=O) groups is 1. The first kappa shape index (κ1) is 13.4. The second-order valence-corrected chi connectivity index (χ2v) is 4.84. The highest BCUT2D eigenvalue weighted by Crippen LogP contribution is 2.20. The van der Waals surface area contributed by atoms with Gasteiger partial charge in [-0.25, -0.2) is 9.67 Å². The van der Waals surface area contributed by atoms with Crippen LogP contribution in [0.15, 0.2) is 49.1 Å². The van der Waals surface area contributed by atoms with E-state index >= 15 is 0 Å². The van der Waals surface area contributed by atoms with Crippen molar-refractivity contribution in [2.75, 3.05) is 5.32 Å². The largest absolute Gasteiger partial charge is 0.320 e. The molecule has 1 aromatic carbocycles. The van der Waals surface area contributed by atoms with Gasteiger partial charge in [0.05, 0.1) is 16.3 Å². The van der Waals surface area contributed by atoms with Crippen molar-refractivity contribution in [3.05, 3.63) is 59.6 Å². The number of imidazole rings is 1. The molecule has 2 heterocycles. The number of rotatable bonds is 3. The summed E-state index contributed by atoms with van der Waals surface area (Å²) in [5.74, 6) is 0.142. The second-order valence-electron chi connectivity index (χ2n) is 4.43. The van der Waals surface area contributed by atoms with E-state index in [2.05, 4.69) is 15.4 Å². The van der Waals surface area contributed by atoms with Gasteiger partial charge in [-0.05, 0) is 24.3 Å². The highest BCUT2D eigenvalue weighted by molar-refractivity contribution is 6.34. The molecule has 0 bridgehead atoms. The molecule has 21 heavy (non-hydrogen) atoms. The number of benzene rings is 1. The molecule has 7 heteroatoms. The Labute approximate surface area is 126 Å². The van der Waals surface area contributed by atoms with Crippen molar-refractivity contribution in [2.45, 2.75) is 0 Å². The molecule has 0 aliphatic rings. The van der Waals surface area contributed by atoms with Crippen molar-refractivity contribution in [3.8, 4) is 5.69 Å². The van der Waals surface area contributed by atoms with E-state index in [-0.39, 0.29) is 5.91 Å². The molecule has 0 aliphatic heterocycles. The van der Waals surface area contributed by atoms with E-state index in [4.69, 9.17) is 11.6 Å². The molecular weight excluding hydrogens is 290 g/mol. The molecule has 0 atom stereocenters. The molecule has 3 aromatic rings. The molecule has 1 amide bonds. The van der Waals surface area contributed by atoms with Crippen LogP contribution < -0.4 is 5.32 Å². The Morgan fingerprint density at radius 2 is 2.14 bits per heavy atom. The van der Waals surface area contributed by atoms with Crippen LogP contribution in [-0.4, -0.2) is 25.2 Å². The van der Waals surface area contributed by atoms with Crippen LogP contribution in [0.5, 0.6) is 0 Å². The van der Waals surface area contributed by atoms with Crippen molar-refractivity contribution in [2.24, 2.45) is 7.05 Å². The summed E-state index contributed by atoms with van der Waals surface area (Å²) in [6.07, 6.45) is 6.82. The van der Waals surface area contributed by atoms with Crippen LogP contribution in [0.2, 0.25) is 5.02 Å². The Bertz CT molecular complexity index is 779. The first-order chi connectivity index (χ1) is 10.1. The number of aromatic nitrogens is 4. The zero-order valence-corrected chi connectivity index (χ0v) is 11.9. The van der Waals surface area contributed by atoms with Crippen molar-refractivity contribution < 1.29 is 4.79 Å². The molecule has 106 valence electrons. The minimum atomic E-state index is -0.316. The lowest BCUT2D eigenvalue weighted by Crippen LogP contribution is -2.16. The summed E-state index contributed by atoms with van der Waals surface area (Å²) in [6.45, 7) is 0. The summed E-state index contributed by atoms with van der Waals surface area (Å²) in [4.78, 5) is 16.4. The van der Waals surface area contributed by atoms with Crippen molar-refractivity contribution >= 4 is 23.5 Å². The van der Waals surface area contributed by atoms with E-state index in [0.29, 0.717) is 16.5 Å². The highest BCUT2D eigenvalue weighted by atomic mass is 35.5. The zero-order chi connectivity index (χ0) is 14.8. The van der Waals surface area contributed by atoms with Crippen LogP contribution in [0.25, 0.3) is 5.69 Å². The van der Waals surface area contributed by atoms with Crippen molar-refractivity contribution in [1.82, 2.24) is 19.3 Å². The lowest BCUT2D eigenvalue weighted by Gasteiger charge is -2.08. The van der Waals surface area contributed by atoms with Gasteiger partial charge in [-0.3, -0.25) is 10.1 Å². The van der Waals surface area contributed by atoms with Crippen LogP contribution in [0, 0.1) is 0 Å². The van der Waals surface area contributed by atoms with Crippen LogP contribution in [0.4, 0.5) is 5.95 Å². The maximum Gasteiger partial charge on any atom is 0.259 e. The maximum atomic E-state index is 12.3. The first-order valence-electron chi connectivity index (χ1n) is 6.23. The summed E-state index contributed by atoms with van der Waals surface area (Å²) in [5, 5.41) is 7.22. The topological polar surface area (TPSA) is 64.7 Å². The lowest BCUT2D eigenvalue weighted by atomic mass is 10.2. The predicted molar refractivity (Wildman–Crippen MR) is 79.7 cm³/mol. The lowest BCUT2D eigenvalue weighted by molar-refractivity contribution is 0.102. The number of anilines is 1. The van der Waals surface area contributed by atoms with Gasteiger partial charge in [-0.2, -0.15) is 5.10 Å². The van der Waals surface area contributed by atoms with Gasteiger partial charge in [0.25, 0.3) is 5.91 Å². The predicted octanol–water partition coefficient (Wildman–Crippen LogP) is 2.51. The molecule has 0 fully saturated rings. The van der Waals surface area contributed by atoms with Gasteiger partial charge < -0.3 is 4.57 Å². The van der Waals surface area contributed by atoms with E-state index in [1.54, 1.807) is 59.3 Å². The number of halogens is 1. The number of amides is 1. The molecule has 2 aromatic heterocycles. The smallest absolute Gasteiger partial charge is 0.259 e. The minimum Gasteiger partial charge on any atom is -0.320 e. The van der Waals surface area contributed by atoms with E-state index < -0.39 is 0 Å². The van der Waals surface area contributed by atoms with Crippen LogP contribution >= 0.6 is 11.6 Å². The molecule has 0 saturated carbocycles. The molecule has 0 spiro atoms. The summed E-state index contributed by atoms with van der Waals surface area (Å²) in [6, 6.07) is 6.97. The molecule has 0 radical (unpaired) electrons. The van der Waals surface area contributed by atoms with Crippen LogP contribution in [-0.2, 0) is 7.05 Å². The molecular formula is C14H12ClN5O. The van der Waals surface area contributed by atoms with E-state index in [1.165, 1.54) is 0 Å². The van der Waals surface area contributed by atoms with Gasteiger partial charge in [-0.15, -0.1) is 0 Å². The third-order valence-electron chi connectivity index (χ3n) is 3.01. The Kier molecular flexibility index (Phi) is 3.45. The first-order valence-corrected chi connectivity index (χ1v) is 6.61. The van der Waals surface area contributed by atoms with E-state index in [9.17, 15) is 4.79 Å². The summed E-state index contributed by atoms with van der Waals surface area (Å²) < 4.78 is 3.37. The molecule has 0 aliphatic carbocycles. The molecule has 0 unspecified atom stereocenters. The molecule has 1 N–H and O–H groups in total. The fourth-order valence-corrected chi connectivity index (χ4v) is 2.11. The average molecular weight is 302 g/mol. The van der Waals surface area contributed by atoms with Crippen LogP contribution in [0.1, 0.15) is 10.4 Å². The number of hydrogen-bond acceptors (Lipinski definition) is 3. The van der Waals surface area contributed by atoms with Gasteiger partial charge in [0.2, 0.25) is 5.95 Å². The number of hydrogen-bond donors (Lipinski definition) is 1. The second kappa shape index (κ2) is 5.41. The minimum absolute atomic E-state index is 0.316. The fourth-order valence-electron chi connectivity index (χ4n) is 1.91. The molecule has 6 nitrogen and oxygen atoms in total. The number of aryl methyl sites for hydroxylation is 1. The number of nitrogens with one attached hydrogen (secondary N) is 1. The monoisotopic (exact) mass is 301 g/mol. The SMILES string of the molecule is Cn1ccnc1NC(=O)c1cc(-n2cccn2)ccc1Cl. The van der Waals surface area contributed by atoms with Gasteiger partial charge >= 0.3 is 0 Å². The summed E-state index contributed by atoms with van der Waals surface area (Å²) in [5.41, 5.74) is 1.13. The molecule has 3 rings (SSSR count). The van der Waals surface area contributed by atoms with Gasteiger partial charge in [0, 0.05) is 31.8 Å². The van der Waals surface area contributed by atoms with Gasteiger partial charge in [0.1, 0.15) is 0 Å². The molecule has 0 saturated heterocycles. The van der Waals surface area contributed by atoms with Crippen LogP contribution in [0.3, 0.4) is 0 Å². The Balaban J connectivity index is 1.92. The highest BCUT2D eigenvalue weighted by Gasteiger charge is 2.14. The number of nitrogens with zero attached hydrogens (tertiary/aromatic N) is 4. The zero-order valence-electron chi connectivity index (χ0n) is 11.2. The summed E-state index contributed by atoms with van der Waals surface area (Å²) in [7, 11) is 1.80. The third-order valence-corrected chi connectivity index (χ3v) is 3.34. The normalized spacial score (nSPS) is 10.6. The average Bonchev–Trinajstić information content (AvgIpc) is 3.12. The fraction of sp³-hybridized carbons (Fsp3) is 0.0714. The van der Waals surface area contributed by atoms with Crippen molar-refractivity contribution in [1.29, 1.82) is 0 Å². The van der Waals surface area contributed by atoms with Crippen molar-refractivity contribution in [3.63, 3.8) is 0 Å². The van der Waals surface area contributed by atoms with E-state index in [0.717, 1.165) is 5.69 Å². The Hall–Kier alpha value is -2.60. The standard InChI is InChI=1S/C14H12ClN5O/c1-19-8-6-16-14(19)18-13(21)11-9-10(3-4-12(11)15)20-7-2-5-17-20/h2-9H,1H3,(H,16,18,21). The van der Waals surface area contributed by atoms with Gasteiger partial charge in [-0.1, -0.05) is 11.6 Å². The van der Waals surface area contributed by atoms with Gasteiger partial charge in [0.15, 0.2) is 0 Å². The maximum absolute atomic E-state index is 12.3. The Morgan fingerprint density at radius 1 is 1.29 bits per heavy atom. The quantitative estimate of drug-likeness (QED) is 0.808. The summed E-state index contributed by atoms with van der Waals surface area (Å²) >= 11 is 6.11. The third kappa shape index (κ3) is 2.66. The number of carbonyl (C=O) groups excluding carboxylic acids is 1. The van der Waals surface area contributed by atoms with E-state index in [1.807, 2.05) is 6.07 Å².